The molecule has 2 aliphatic rings. The third-order valence-electron chi connectivity index (χ3n) is 6.55. The summed E-state index contributed by atoms with van der Waals surface area (Å²) in [7, 11) is -3.29. The van der Waals surface area contributed by atoms with Crippen LogP contribution in [0.4, 0.5) is 18.9 Å². The van der Waals surface area contributed by atoms with Crippen molar-refractivity contribution in [2.45, 2.75) is 43.9 Å². The molecule has 1 aliphatic heterocycles. The van der Waals surface area contributed by atoms with Gasteiger partial charge in [-0.05, 0) is 56.2 Å². The van der Waals surface area contributed by atoms with Gasteiger partial charge >= 0.3 is 6.18 Å². The van der Waals surface area contributed by atoms with Gasteiger partial charge in [0.1, 0.15) is 15.4 Å². The van der Waals surface area contributed by atoms with E-state index < -0.39 is 33.1 Å². The zero-order valence-electron chi connectivity index (χ0n) is 18.2. The van der Waals surface area contributed by atoms with E-state index in [-0.39, 0.29) is 28.4 Å². The summed E-state index contributed by atoms with van der Waals surface area (Å²) in [5.74, 6) is -0.462. The number of hydrogen-bond donors (Lipinski definition) is 2. The molecule has 1 aromatic carbocycles. The molecule has 33 heavy (non-hydrogen) atoms. The van der Waals surface area contributed by atoms with E-state index in [0.29, 0.717) is 57.4 Å². The molecule has 1 fully saturated rings. The number of halogens is 3. The molecule has 1 aromatic heterocycles. The van der Waals surface area contributed by atoms with E-state index in [1.54, 1.807) is 0 Å². The fourth-order valence-electron chi connectivity index (χ4n) is 4.92. The summed E-state index contributed by atoms with van der Waals surface area (Å²) >= 11 is 0. The average molecular weight is 489 g/mol. The van der Waals surface area contributed by atoms with E-state index in [9.17, 15) is 31.5 Å². The number of aliphatic hydroxyl groups is 1. The molecule has 1 saturated carbocycles. The van der Waals surface area contributed by atoms with Crippen molar-refractivity contribution >= 4 is 32.4 Å². The molecule has 0 unspecified atom stereocenters. The van der Waals surface area contributed by atoms with Gasteiger partial charge in [0.05, 0.1) is 22.6 Å². The number of anilines is 1. The number of carbonyl (C=O) groups excluding carboxylic acids is 1. The fourth-order valence-corrected chi connectivity index (χ4v) is 6.19. The van der Waals surface area contributed by atoms with Crippen molar-refractivity contribution in [2.24, 2.45) is 5.92 Å². The molecular weight excluding hydrogens is 461 g/mol. The summed E-state index contributed by atoms with van der Waals surface area (Å²) in [5, 5.41) is 13.6. The minimum atomic E-state index is -4.51. The van der Waals surface area contributed by atoms with Gasteiger partial charge in [0.15, 0.2) is 0 Å². The van der Waals surface area contributed by atoms with Crippen LogP contribution < -0.4 is 10.2 Å². The van der Waals surface area contributed by atoms with Gasteiger partial charge in [-0.25, -0.2) is 8.42 Å². The topological polar surface area (TPSA) is 99.9 Å². The van der Waals surface area contributed by atoms with Crippen LogP contribution in [0.3, 0.4) is 0 Å². The minimum Gasteiger partial charge on any atom is -0.449 e. The molecule has 0 spiro atoms. The summed E-state index contributed by atoms with van der Waals surface area (Å²) in [6.45, 7) is 1.26. The van der Waals surface area contributed by atoms with Crippen LogP contribution in [0.25, 0.3) is 11.0 Å². The molecule has 1 amide bonds. The number of sulfone groups is 1. The van der Waals surface area contributed by atoms with Crippen molar-refractivity contribution in [1.82, 2.24) is 5.32 Å². The first-order chi connectivity index (χ1) is 15.3. The highest BCUT2D eigenvalue weighted by Crippen LogP contribution is 2.40. The molecular formula is C22H27F3N2O5S. The Labute approximate surface area is 189 Å². The van der Waals surface area contributed by atoms with Crippen molar-refractivity contribution in [3.05, 3.63) is 29.5 Å². The van der Waals surface area contributed by atoms with Crippen LogP contribution in [0.5, 0.6) is 0 Å². The molecule has 11 heteroatoms. The first kappa shape index (κ1) is 23.9. The van der Waals surface area contributed by atoms with Gasteiger partial charge in [0.25, 0.3) is 5.91 Å². The van der Waals surface area contributed by atoms with E-state index in [0.717, 1.165) is 18.4 Å². The lowest BCUT2D eigenvalue weighted by Crippen LogP contribution is -2.41. The Kier molecular flexibility index (Phi) is 6.15. The first-order valence-corrected chi connectivity index (χ1v) is 13.0. The number of furan rings is 1. The van der Waals surface area contributed by atoms with E-state index in [1.807, 2.05) is 4.90 Å². The summed E-state index contributed by atoms with van der Waals surface area (Å²) in [6, 6.07) is 3.20. The Morgan fingerprint density at radius 1 is 1.27 bits per heavy atom. The van der Waals surface area contributed by atoms with Gasteiger partial charge in [-0.1, -0.05) is 0 Å². The highest BCUT2D eigenvalue weighted by molar-refractivity contribution is 7.90. The second-order valence-corrected chi connectivity index (χ2v) is 11.4. The molecule has 0 atom stereocenters. The third-order valence-corrected chi connectivity index (χ3v) is 7.61. The number of nitrogens with one attached hydrogen (secondary N) is 1. The number of nitrogens with zero attached hydrogens (tertiary/aromatic N) is 1. The molecule has 2 heterocycles. The van der Waals surface area contributed by atoms with Crippen LogP contribution in [0, 0.1) is 5.92 Å². The zero-order chi connectivity index (χ0) is 24.0. The van der Waals surface area contributed by atoms with Gasteiger partial charge < -0.3 is 19.7 Å². The van der Waals surface area contributed by atoms with E-state index in [1.165, 1.54) is 6.07 Å². The van der Waals surface area contributed by atoms with E-state index in [4.69, 9.17) is 4.42 Å². The molecule has 2 aromatic rings. The molecule has 0 radical (unpaired) electrons. The monoisotopic (exact) mass is 488 g/mol. The van der Waals surface area contributed by atoms with Crippen LogP contribution in [-0.2, 0) is 16.0 Å². The van der Waals surface area contributed by atoms with Gasteiger partial charge in [-0.3, -0.25) is 4.79 Å². The summed E-state index contributed by atoms with van der Waals surface area (Å²) in [6.07, 6.45) is -0.598. The van der Waals surface area contributed by atoms with Gasteiger partial charge in [-0.15, -0.1) is 0 Å². The van der Waals surface area contributed by atoms with Crippen LogP contribution in [0.1, 0.15) is 48.2 Å². The molecule has 7 nitrogen and oxygen atoms in total. The number of benzene rings is 1. The van der Waals surface area contributed by atoms with Crippen molar-refractivity contribution in [1.29, 1.82) is 0 Å². The predicted octanol–water partition coefficient (Wildman–Crippen LogP) is 3.36. The molecule has 0 saturated heterocycles. The maximum absolute atomic E-state index is 13.3. The Hall–Kier alpha value is -2.27. The third kappa shape index (κ3) is 5.29. The lowest BCUT2D eigenvalue weighted by atomic mass is 9.78. The second kappa shape index (κ2) is 8.50. The first-order valence-electron chi connectivity index (χ1n) is 10.9. The highest BCUT2D eigenvalue weighted by atomic mass is 32.2. The maximum Gasteiger partial charge on any atom is 0.416 e. The Morgan fingerprint density at radius 2 is 1.97 bits per heavy atom. The number of carbonyl (C=O) groups is 1. The molecule has 0 bridgehead atoms. The van der Waals surface area contributed by atoms with E-state index >= 15 is 0 Å². The van der Waals surface area contributed by atoms with Crippen molar-refractivity contribution in [3.63, 3.8) is 0 Å². The number of hydrogen-bond acceptors (Lipinski definition) is 6. The lowest BCUT2D eigenvalue weighted by molar-refractivity contribution is -0.137. The zero-order valence-corrected chi connectivity index (χ0v) is 19.1. The maximum atomic E-state index is 13.3. The molecule has 1 aliphatic carbocycles. The number of fused-ring (bicyclic) bond motifs is 3. The van der Waals surface area contributed by atoms with Crippen LogP contribution >= 0.6 is 0 Å². The predicted molar refractivity (Wildman–Crippen MR) is 117 cm³/mol. The quantitative estimate of drug-likeness (QED) is 0.670. The van der Waals surface area contributed by atoms with Crippen LogP contribution in [0.2, 0.25) is 0 Å². The van der Waals surface area contributed by atoms with Gasteiger partial charge in [0.2, 0.25) is 5.76 Å². The molecule has 2 N–H and O–H groups in total. The summed E-state index contributed by atoms with van der Waals surface area (Å²) in [5.41, 5.74) is -1.42. The van der Waals surface area contributed by atoms with Crippen molar-refractivity contribution in [2.75, 3.05) is 36.5 Å². The number of alkyl halides is 3. The summed E-state index contributed by atoms with van der Waals surface area (Å²) in [4.78, 5) is 14.3. The Balaban J connectivity index is 1.53. The SMILES string of the molecule is CS(=O)(=O)CC1(O)CCC(CCN2CCNC(=O)c3oc4ccc(C(F)(F)F)cc4c32)CC1. The van der Waals surface area contributed by atoms with Crippen molar-refractivity contribution < 1.29 is 35.9 Å². The summed E-state index contributed by atoms with van der Waals surface area (Å²) < 4.78 is 68.6. The normalized spacial score (nSPS) is 24.5. The van der Waals surface area contributed by atoms with Crippen molar-refractivity contribution in [3.8, 4) is 0 Å². The van der Waals surface area contributed by atoms with Crippen LogP contribution in [0.15, 0.2) is 22.6 Å². The van der Waals surface area contributed by atoms with Crippen LogP contribution in [-0.4, -0.2) is 56.7 Å². The second-order valence-electron chi connectivity index (χ2n) is 9.26. The van der Waals surface area contributed by atoms with E-state index in [2.05, 4.69) is 5.32 Å². The number of amides is 1. The molecule has 182 valence electrons. The Bertz CT molecular complexity index is 1150. The smallest absolute Gasteiger partial charge is 0.416 e. The fraction of sp³-hybridized carbons (Fsp3) is 0.591. The van der Waals surface area contributed by atoms with Gasteiger partial charge in [-0.2, -0.15) is 13.2 Å². The van der Waals surface area contributed by atoms with Gasteiger partial charge in [0, 0.05) is 31.3 Å². The number of rotatable bonds is 5. The lowest BCUT2D eigenvalue weighted by Gasteiger charge is -2.36. The minimum absolute atomic E-state index is 0.00740. The Morgan fingerprint density at radius 3 is 2.61 bits per heavy atom. The molecule has 4 rings (SSSR count). The average Bonchev–Trinajstić information content (AvgIpc) is 3.01. The largest absolute Gasteiger partial charge is 0.449 e. The standard InChI is InChI=1S/C22H27F3N2O5S/c1-33(30,31)13-21(29)7-4-14(5-8-21)6-10-27-11-9-26-20(28)19-18(27)16-12-15(22(23,24)25)2-3-17(16)32-19/h2-3,12,14,29H,4-11,13H2,1H3,(H,26,28). The highest BCUT2D eigenvalue weighted by Gasteiger charge is 2.37.